The van der Waals surface area contributed by atoms with Gasteiger partial charge in [-0.1, -0.05) is 0 Å². The molecule has 94 valence electrons. The molecular formula is C12H15N5O. The first kappa shape index (κ1) is 12.1. The molecular weight excluding hydrogens is 230 g/mol. The zero-order valence-electron chi connectivity index (χ0n) is 10.1. The van der Waals surface area contributed by atoms with Crippen LogP contribution in [0.4, 0.5) is 5.82 Å². The number of carbonyl (C=O) groups excluding carboxylic acids is 1. The number of H-pyrrole nitrogens is 1. The lowest BCUT2D eigenvalue weighted by molar-refractivity contribution is 0.0797. The van der Waals surface area contributed by atoms with Crippen molar-refractivity contribution in [3.05, 3.63) is 41.9 Å². The molecule has 6 heteroatoms. The predicted octanol–water partition coefficient (Wildman–Crippen LogP) is 0.702. The molecule has 6 nitrogen and oxygen atoms in total. The Balaban J connectivity index is 1.95. The molecule has 2 rings (SSSR count). The molecule has 0 aliphatic carbocycles. The van der Waals surface area contributed by atoms with Crippen LogP contribution in [-0.4, -0.2) is 39.6 Å². The number of anilines is 1. The third kappa shape index (κ3) is 2.65. The van der Waals surface area contributed by atoms with E-state index < -0.39 is 0 Å². The third-order valence-electron chi connectivity index (χ3n) is 2.73. The van der Waals surface area contributed by atoms with Crippen molar-refractivity contribution in [2.24, 2.45) is 0 Å². The number of nitrogen functional groups attached to an aromatic ring is 1. The Hall–Kier alpha value is -2.37. The quantitative estimate of drug-likeness (QED) is 0.830. The first-order valence-corrected chi connectivity index (χ1v) is 5.61. The molecule has 0 aliphatic heterocycles. The van der Waals surface area contributed by atoms with E-state index in [4.69, 9.17) is 5.73 Å². The van der Waals surface area contributed by atoms with Crippen molar-refractivity contribution in [1.82, 2.24) is 20.1 Å². The summed E-state index contributed by atoms with van der Waals surface area (Å²) in [6, 6.07) is 3.87. The number of nitrogens with zero attached hydrogens (tertiary/aromatic N) is 3. The molecule has 0 spiro atoms. The van der Waals surface area contributed by atoms with Crippen LogP contribution in [0.2, 0.25) is 0 Å². The highest BCUT2D eigenvalue weighted by Gasteiger charge is 2.15. The number of hydrogen-bond acceptors (Lipinski definition) is 4. The minimum absolute atomic E-state index is 0.129. The van der Waals surface area contributed by atoms with E-state index in [1.54, 1.807) is 24.3 Å². The summed E-state index contributed by atoms with van der Waals surface area (Å²) in [6.45, 7) is 0.619. The molecule has 0 unspecified atom stereocenters. The Kier molecular flexibility index (Phi) is 3.57. The van der Waals surface area contributed by atoms with Gasteiger partial charge in [0, 0.05) is 26.0 Å². The molecule has 1 amide bonds. The number of nitrogens with one attached hydrogen (secondary N) is 1. The maximum Gasteiger partial charge on any atom is 0.258 e. The van der Waals surface area contributed by atoms with Gasteiger partial charge in [-0.25, -0.2) is 0 Å². The number of pyridine rings is 1. The zero-order chi connectivity index (χ0) is 13.0. The van der Waals surface area contributed by atoms with Crippen molar-refractivity contribution >= 4 is 11.7 Å². The number of hydrogen-bond donors (Lipinski definition) is 2. The SMILES string of the molecule is CN(CCc1ccncc1)C(=O)c1cn[nH]c1N. The molecule has 0 saturated carbocycles. The average Bonchev–Trinajstić information content (AvgIpc) is 2.82. The van der Waals surface area contributed by atoms with E-state index in [2.05, 4.69) is 15.2 Å². The normalized spacial score (nSPS) is 10.3. The minimum atomic E-state index is -0.129. The van der Waals surface area contributed by atoms with E-state index in [0.29, 0.717) is 17.9 Å². The number of amides is 1. The summed E-state index contributed by atoms with van der Waals surface area (Å²) >= 11 is 0. The van der Waals surface area contributed by atoms with Crippen LogP contribution in [0, 0.1) is 0 Å². The Bertz CT molecular complexity index is 522. The van der Waals surface area contributed by atoms with Crippen LogP contribution in [0.25, 0.3) is 0 Å². The number of likely N-dealkylation sites (N-methyl/N-ethyl adjacent to an activating group) is 1. The second-order valence-electron chi connectivity index (χ2n) is 4.03. The van der Waals surface area contributed by atoms with Gasteiger partial charge in [-0.15, -0.1) is 0 Å². The molecule has 0 aliphatic rings. The Morgan fingerprint density at radius 1 is 1.44 bits per heavy atom. The molecule has 2 aromatic heterocycles. The molecule has 18 heavy (non-hydrogen) atoms. The van der Waals surface area contributed by atoms with Gasteiger partial charge in [0.15, 0.2) is 0 Å². The standard InChI is InChI=1S/C12H15N5O/c1-17(7-4-9-2-5-14-6-3-9)12(18)10-8-15-16-11(10)13/h2-3,5-6,8H,4,7H2,1H3,(H3,13,15,16). The van der Waals surface area contributed by atoms with E-state index in [1.807, 2.05) is 12.1 Å². The van der Waals surface area contributed by atoms with Gasteiger partial charge in [0.2, 0.25) is 0 Å². The van der Waals surface area contributed by atoms with E-state index in [0.717, 1.165) is 12.0 Å². The number of carbonyl (C=O) groups is 1. The van der Waals surface area contributed by atoms with Gasteiger partial charge >= 0.3 is 0 Å². The number of rotatable bonds is 4. The fraction of sp³-hybridized carbons (Fsp3) is 0.250. The molecule has 2 heterocycles. The summed E-state index contributed by atoms with van der Waals surface area (Å²) in [5, 5.41) is 6.29. The second kappa shape index (κ2) is 5.31. The summed E-state index contributed by atoms with van der Waals surface area (Å²) < 4.78 is 0. The molecule has 0 bridgehead atoms. The molecule has 0 atom stereocenters. The highest BCUT2D eigenvalue weighted by Crippen LogP contribution is 2.09. The fourth-order valence-corrected chi connectivity index (χ4v) is 1.62. The highest BCUT2D eigenvalue weighted by atomic mass is 16.2. The number of aromatic nitrogens is 3. The van der Waals surface area contributed by atoms with Crippen molar-refractivity contribution in [3.8, 4) is 0 Å². The lowest BCUT2D eigenvalue weighted by Crippen LogP contribution is -2.29. The van der Waals surface area contributed by atoms with E-state index in [9.17, 15) is 4.79 Å². The van der Waals surface area contributed by atoms with Crippen LogP contribution in [0.3, 0.4) is 0 Å². The molecule has 0 saturated heterocycles. The van der Waals surface area contributed by atoms with Crippen molar-refractivity contribution in [3.63, 3.8) is 0 Å². The van der Waals surface area contributed by atoms with Crippen LogP contribution in [0.5, 0.6) is 0 Å². The van der Waals surface area contributed by atoms with Gasteiger partial charge in [-0.3, -0.25) is 14.9 Å². The van der Waals surface area contributed by atoms with E-state index in [-0.39, 0.29) is 5.91 Å². The van der Waals surface area contributed by atoms with Crippen LogP contribution in [-0.2, 0) is 6.42 Å². The van der Waals surface area contributed by atoms with Gasteiger partial charge in [0.25, 0.3) is 5.91 Å². The molecule has 0 aromatic carbocycles. The molecule has 0 fully saturated rings. The second-order valence-corrected chi connectivity index (χ2v) is 4.03. The van der Waals surface area contributed by atoms with Crippen LogP contribution in [0.1, 0.15) is 15.9 Å². The zero-order valence-corrected chi connectivity index (χ0v) is 10.1. The van der Waals surface area contributed by atoms with Gasteiger partial charge in [-0.05, 0) is 24.1 Å². The fourth-order valence-electron chi connectivity index (χ4n) is 1.62. The van der Waals surface area contributed by atoms with Crippen LogP contribution in [0.15, 0.2) is 30.7 Å². The van der Waals surface area contributed by atoms with Gasteiger partial charge in [0.1, 0.15) is 11.4 Å². The molecule has 2 aromatic rings. The Morgan fingerprint density at radius 2 is 2.17 bits per heavy atom. The summed E-state index contributed by atoms with van der Waals surface area (Å²) in [5.41, 5.74) is 7.17. The van der Waals surface area contributed by atoms with Crippen molar-refractivity contribution in [2.75, 3.05) is 19.3 Å². The highest BCUT2D eigenvalue weighted by molar-refractivity contribution is 5.97. The smallest absolute Gasteiger partial charge is 0.258 e. The van der Waals surface area contributed by atoms with Gasteiger partial charge in [-0.2, -0.15) is 5.10 Å². The molecule has 0 radical (unpaired) electrons. The van der Waals surface area contributed by atoms with Gasteiger partial charge < -0.3 is 10.6 Å². The topological polar surface area (TPSA) is 87.9 Å². The minimum Gasteiger partial charge on any atom is -0.383 e. The lowest BCUT2D eigenvalue weighted by Gasteiger charge is -2.16. The van der Waals surface area contributed by atoms with E-state index >= 15 is 0 Å². The number of nitrogens with two attached hydrogens (primary N) is 1. The number of aromatic amines is 1. The lowest BCUT2D eigenvalue weighted by atomic mass is 10.2. The summed E-state index contributed by atoms with van der Waals surface area (Å²) in [7, 11) is 1.75. The Morgan fingerprint density at radius 3 is 2.78 bits per heavy atom. The summed E-state index contributed by atoms with van der Waals surface area (Å²) in [4.78, 5) is 17.6. The first-order chi connectivity index (χ1) is 8.68. The average molecular weight is 245 g/mol. The maximum absolute atomic E-state index is 12.0. The summed E-state index contributed by atoms with van der Waals surface area (Å²) in [5.74, 6) is 0.172. The van der Waals surface area contributed by atoms with Crippen LogP contribution >= 0.6 is 0 Å². The van der Waals surface area contributed by atoms with Crippen molar-refractivity contribution < 1.29 is 4.79 Å². The summed E-state index contributed by atoms with van der Waals surface area (Å²) in [6.07, 6.45) is 5.71. The first-order valence-electron chi connectivity index (χ1n) is 5.61. The van der Waals surface area contributed by atoms with Gasteiger partial charge in [0.05, 0.1) is 6.20 Å². The largest absolute Gasteiger partial charge is 0.383 e. The van der Waals surface area contributed by atoms with Crippen molar-refractivity contribution in [1.29, 1.82) is 0 Å². The van der Waals surface area contributed by atoms with Crippen molar-refractivity contribution in [2.45, 2.75) is 6.42 Å². The maximum atomic E-state index is 12.0. The predicted molar refractivity (Wildman–Crippen MR) is 67.9 cm³/mol. The van der Waals surface area contributed by atoms with E-state index in [1.165, 1.54) is 6.20 Å². The molecule has 3 N–H and O–H groups in total. The monoisotopic (exact) mass is 245 g/mol. The third-order valence-corrected chi connectivity index (χ3v) is 2.73. The Labute approximate surface area is 105 Å². The van der Waals surface area contributed by atoms with Crippen LogP contribution < -0.4 is 5.73 Å².